The van der Waals surface area contributed by atoms with E-state index >= 15 is 0 Å². The van der Waals surface area contributed by atoms with Crippen molar-refractivity contribution in [1.29, 1.82) is 0 Å². The van der Waals surface area contributed by atoms with Gasteiger partial charge in [0.15, 0.2) is 0 Å². The Balaban J connectivity index is 2.82. The van der Waals surface area contributed by atoms with Crippen LogP contribution >= 0.6 is 0 Å². The molecular formula is C14H23FN2. The van der Waals surface area contributed by atoms with Crippen molar-refractivity contribution in [2.45, 2.75) is 32.6 Å². The molecule has 0 heterocycles. The standard InChI is InChI=1S/C14H23FN2/c1-3-12(7-11(8-16)9-17)13-4-5-14(15)10(2)6-13/h4-6,11-12H,3,7-9,16-17H2,1-2H3. The lowest BCUT2D eigenvalue weighted by atomic mass is 9.86. The average Bonchev–Trinajstić information content (AvgIpc) is 2.35. The molecule has 0 aliphatic rings. The first-order valence-electron chi connectivity index (χ1n) is 6.28. The number of hydrogen-bond acceptors (Lipinski definition) is 2. The third-order valence-electron chi connectivity index (χ3n) is 3.43. The number of hydrogen-bond donors (Lipinski definition) is 2. The highest BCUT2D eigenvalue weighted by atomic mass is 19.1. The van der Waals surface area contributed by atoms with Gasteiger partial charge in [-0.25, -0.2) is 4.39 Å². The summed E-state index contributed by atoms with van der Waals surface area (Å²) >= 11 is 0. The van der Waals surface area contributed by atoms with E-state index in [0.717, 1.165) is 12.8 Å². The van der Waals surface area contributed by atoms with Crippen molar-refractivity contribution in [3.05, 3.63) is 35.1 Å². The summed E-state index contributed by atoms with van der Waals surface area (Å²) in [7, 11) is 0. The van der Waals surface area contributed by atoms with Crippen LogP contribution < -0.4 is 11.5 Å². The van der Waals surface area contributed by atoms with E-state index in [1.807, 2.05) is 12.1 Å². The van der Waals surface area contributed by atoms with Crippen molar-refractivity contribution in [2.75, 3.05) is 13.1 Å². The number of nitrogens with two attached hydrogens (primary N) is 2. The summed E-state index contributed by atoms with van der Waals surface area (Å²) in [6.07, 6.45) is 2.01. The summed E-state index contributed by atoms with van der Waals surface area (Å²) in [5, 5.41) is 0. The van der Waals surface area contributed by atoms with Gasteiger partial charge in [-0.2, -0.15) is 0 Å². The molecule has 96 valence electrons. The molecule has 0 aromatic heterocycles. The Morgan fingerprint density at radius 1 is 1.24 bits per heavy atom. The minimum Gasteiger partial charge on any atom is -0.330 e. The van der Waals surface area contributed by atoms with Gasteiger partial charge in [-0.3, -0.25) is 0 Å². The molecule has 3 heteroatoms. The molecule has 1 unspecified atom stereocenters. The van der Waals surface area contributed by atoms with Crippen LogP contribution in [0.2, 0.25) is 0 Å². The summed E-state index contributed by atoms with van der Waals surface area (Å²) in [6.45, 7) is 5.18. The molecule has 17 heavy (non-hydrogen) atoms. The fourth-order valence-electron chi connectivity index (χ4n) is 2.15. The lowest BCUT2D eigenvalue weighted by Crippen LogP contribution is -2.25. The van der Waals surface area contributed by atoms with Gasteiger partial charge < -0.3 is 11.5 Å². The van der Waals surface area contributed by atoms with Crippen molar-refractivity contribution in [1.82, 2.24) is 0 Å². The zero-order valence-electron chi connectivity index (χ0n) is 10.7. The lowest BCUT2D eigenvalue weighted by molar-refractivity contribution is 0.442. The molecule has 0 bridgehead atoms. The second-order valence-electron chi connectivity index (χ2n) is 4.69. The van der Waals surface area contributed by atoms with E-state index in [9.17, 15) is 4.39 Å². The van der Waals surface area contributed by atoms with E-state index in [0.29, 0.717) is 30.5 Å². The van der Waals surface area contributed by atoms with Gasteiger partial charge in [0.05, 0.1) is 0 Å². The maximum atomic E-state index is 13.2. The van der Waals surface area contributed by atoms with Gasteiger partial charge in [0.1, 0.15) is 5.82 Å². The minimum absolute atomic E-state index is 0.141. The van der Waals surface area contributed by atoms with Gasteiger partial charge in [-0.15, -0.1) is 0 Å². The Hall–Kier alpha value is -0.930. The SMILES string of the molecule is CCC(CC(CN)CN)c1ccc(F)c(C)c1. The molecular weight excluding hydrogens is 215 g/mol. The molecule has 0 fully saturated rings. The lowest BCUT2D eigenvalue weighted by Gasteiger charge is -2.21. The Kier molecular flexibility index (Phi) is 5.59. The van der Waals surface area contributed by atoms with Crippen LogP contribution in [0, 0.1) is 18.7 Å². The molecule has 0 aliphatic carbocycles. The first-order valence-corrected chi connectivity index (χ1v) is 6.28. The van der Waals surface area contributed by atoms with Crippen LogP contribution in [0.3, 0.4) is 0 Å². The maximum Gasteiger partial charge on any atom is 0.126 e. The highest BCUT2D eigenvalue weighted by Gasteiger charge is 2.15. The van der Waals surface area contributed by atoms with Crippen LogP contribution in [0.1, 0.15) is 36.8 Å². The van der Waals surface area contributed by atoms with Crippen molar-refractivity contribution < 1.29 is 4.39 Å². The largest absolute Gasteiger partial charge is 0.330 e. The molecule has 0 saturated heterocycles. The molecule has 1 aromatic rings. The van der Waals surface area contributed by atoms with E-state index in [1.165, 1.54) is 5.56 Å². The van der Waals surface area contributed by atoms with Crippen molar-refractivity contribution in [3.8, 4) is 0 Å². The molecule has 1 rings (SSSR count). The molecule has 4 N–H and O–H groups in total. The van der Waals surface area contributed by atoms with E-state index in [-0.39, 0.29) is 5.82 Å². The van der Waals surface area contributed by atoms with Gasteiger partial charge in [-0.05, 0) is 61.9 Å². The van der Waals surface area contributed by atoms with Gasteiger partial charge in [-0.1, -0.05) is 19.1 Å². The summed E-state index contributed by atoms with van der Waals surface area (Å²) < 4.78 is 13.2. The molecule has 0 saturated carbocycles. The van der Waals surface area contributed by atoms with Gasteiger partial charge in [0.2, 0.25) is 0 Å². The fraction of sp³-hybridized carbons (Fsp3) is 0.571. The number of rotatable bonds is 6. The second kappa shape index (κ2) is 6.72. The minimum atomic E-state index is -0.141. The Bertz CT molecular complexity index is 348. The van der Waals surface area contributed by atoms with Gasteiger partial charge >= 0.3 is 0 Å². The van der Waals surface area contributed by atoms with Crippen molar-refractivity contribution >= 4 is 0 Å². The Labute approximate surface area is 103 Å². The van der Waals surface area contributed by atoms with Gasteiger partial charge in [0, 0.05) is 0 Å². The summed E-state index contributed by atoms with van der Waals surface area (Å²) in [4.78, 5) is 0. The summed E-state index contributed by atoms with van der Waals surface area (Å²) in [6, 6.07) is 5.36. The zero-order valence-corrected chi connectivity index (χ0v) is 10.7. The zero-order chi connectivity index (χ0) is 12.8. The number of halogens is 1. The van der Waals surface area contributed by atoms with Crippen LogP contribution in [0.4, 0.5) is 4.39 Å². The summed E-state index contributed by atoms with van der Waals surface area (Å²) in [5.41, 5.74) is 13.3. The second-order valence-corrected chi connectivity index (χ2v) is 4.69. The van der Waals surface area contributed by atoms with E-state index in [4.69, 9.17) is 11.5 Å². The normalized spacial score (nSPS) is 13.1. The molecule has 0 spiro atoms. The fourth-order valence-corrected chi connectivity index (χ4v) is 2.15. The third-order valence-corrected chi connectivity index (χ3v) is 3.43. The predicted molar refractivity (Wildman–Crippen MR) is 70.4 cm³/mol. The first-order chi connectivity index (χ1) is 8.12. The van der Waals surface area contributed by atoms with E-state index in [2.05, 4.69) is 6.92 Å². The smallest absolute Gasteiger partial charge is 0.126 e. The average molecular weight is 238 g/mol. The maximum absolute atomic E-state index is 13.2. The monoisotopic (exact) mass is 238 g/mol. The number of benzene rings is 1. The number of aryl methyl sites for hydroxylation is 1. The van der Waals surface area contributed by atoms with Crippen LogP contribution in [0.5, 0.6) is 0 Å². The molecule has 2 nitrogen and oxygen atoms in total. The van der Waals surface area contributed by atoms with Crippen molar-refractivity contribution in [3.63, 3.8) is 0 Å². The van der Waals surface area contributed by atoms with E-state index < -0.39 is 0 Å². The summed E-state index contributed by atoms with van der Waals surface area (Å²) in [5.74, 6) is 0.634. The highest BCUT2D eigenvalue weighted by molar-refractivity contribution is 5.26. The third kappa shape index (κ3) is 3.79. The molecule has 0 amide bonds. The first kappa shape index (κ1) is 14.1. The Morgan fingerprint density at radius 3 is 2.35 bits per heavy atom. The van der Waals surface area contributed by atoms with Crippen LogP contribution in [0.25, 0.3) is 0 Å². The van der Waals surface area contributed by atoms with Crippen LogP contribution in [-0.2, 0) is 0 Å². The molecule has 1 atom stereocenters. The van der Waals surface area contributed by atoms with Crippen LogP contribution in [0.15, 0.2) is 18.2 Å². The molecule has 0 radical (unpaired) electrons. The topological polar surface area (TPSA) is 52.0 Å². The van der Waals surface area contributed by atoms with Gasteiger partial charge in [0.25, 0.3) is 0 Å². The predicted octanol–water partition coefficient (Wildman–Crippen LogP) is 2.55. The van der Waals surface area contributed by atoms with E-state index in [1.54, 1.807) is 13.0 Å². The highest BCUT2D eigenvalue weighted by Crippen LogP contribution is 2.27. The Morgan fingerprint density at radius 2 is 1.88 bits per heavy atom. The van der Waals surface area contributed by atoms with Crippen molar-refractivity contribution in [2.24, 2.45) is 17.4 Å². The quantitative estimate of drug-likeness (QED) is 0.800. The van der Waals surface area contributed by atoms with Crippen LogP contribution in [-0.4, -0.2) is 13.1 Å². The molecule has 0 aliphatic heterocycles. The molecule has 1 aromatic carbocycles.